The smallest absolute Gasteiger partial charge is 0.227 e. The lowest BCUT2D eigenvalue weighted by atomic mass is 10.0. The third kappa shape index (κ3) is 10.6. The van der Waals surface area contributed by atoms with Gasteiger partial charge in [-0.2, -0.15) is 4.98 Å². The van der Waals surface area contributed by atoms with Crippen LogP contribution in [-0.2, 0) is 6.42 Å². The van der Waals surface area contributed by atoms with Crippen LogP contribution >= 0.6 is 0 Å². The quantitative estimate of drug-likeness (QED) is 0.336. The Balaban J connectivity index is 2.00. The van der Waals surface area contributed by atoms with Crippen LogP contribution in [0.3, 0.4) is 0 Å². The summed E-state index contributed by atoms with van der Waals surface area (Å²) in [6.07, 6.45) is 20.4. The summed E-state index contributed by atoms with van der Waals surface area (Å²) in [5.74, 6) is 1.36. The minimum absolute atomic E-state index is 0.654. The van der Waals surface area contributed by atoms with Crippen LogP contribution in [-0.4, -0.2) is 24.1 Å². The minimum atomic E-state index is 0.654. The summed E-state index contributed by atoms with van der Waals surface area (Å²) in [6, 6.07) is 0. The van der Waals surface area contributed by atoms with Crippen LogP contribution in [0.15, 0.2) is 0 Å². The van der Waals surface area contributed by atoms with Crippen LogP contribution in [0.4, 0.5) is 11.8 Å². The fourth-order valence-electron chi connectivity index (χ4n) is 3.61. The average molecular weight is 377 g/mol. The molecule has 0 saturated carbocycles. The van der Waals surface area contributed by atoms with Crippen molar-refractivity contribution in [2.75, 3.05) is 24.7 Å². The molecular formula is C23H44N4. The maximum absolute atomic E-state index is 6.14. The minimum Gasteiger partial charge on any atom is -0.383 e. The van der Waals surface area contributed by atoms with Crippen molar-refractivity contribution in [1.29, 1.82) is 0 Å². The van der Waals surface area contributed by atoms with Gasteiger partial charge in [0.2, 0.25) is 5.95 Å². The molecule has 0 fully saturated rings. The van der Waals surface area contributed by atoms with Gasteiger partial charge in [0, 0.05) is 25.4 Å². The second-order valence-electron chi connectivity index (χ2n) is 8.21. The first-order chi connectivity index (χ1) is 13.1. The Labute approximate surface area is 168 Å². The van der Waals surface area contributed by atoms with Gasteiger partial charge in [0.25, 0.3) is 0 Å². The van der Waals surface area contributed by atoms with Gasteiger partial charge in [-0.05, 0) is 19.8 Å². The van der Waals surface area contributed by atoms with Crippen LogP contribution in [0.1, 0.15) is 108 Å². The Morgan fingerprint density at radius 1 is 0.704 bits per heavy atom. The van der Waals surface area contributed by atoms with Crippen molar-refractivity contribution in [3.05, 3.63) is 11.3 Å². The SMILES string of the molecule is CCCCCCCCCCCCCCCCc1c(C)nc(N(C)C)nc1N. The van der Waals surface area contributed by atoms with Crippen molar-refractivity contribution in [2.24, 2.45) is 0 Å². The van der Waals surface area contributed by atoms with Gasteiger partial charge in [-0.25, -0.2) is 4.98 Å². The molecule has 0 atom stereocenters. The molecule has 4 heteroatoms. The Morgan fingerprint density at radius 3 is 1.56 bits per heavy atom. The topological polar surface area (TPSA) is 55.0 Å². The number of hydrogen-bond donors (Lipinski definition) is 1. The molecule has 0 aliphatic carbocycles. The first-order valence-corrected chi connectivity index (χ1v) is 11.4. The fourth-order valence-corrected chi connectivity index (χ4v) is 3.61. The van der Waals surface area contributed by atoms with Crippen molar-refractivity contribution >= 4 is 11.8 Å². The molecule has 0 bridgehead atoms. The maximum atomic E-state index is 6.14. The molecule has 1 heterocycles. The Kier molecular flexibility index (Phi) is 12.9. The van der Waals surface area contributed by atoms with Gasteiger partial charge in [-0.15, -0.1) is 0 Å². The predicted molar refractivity (Wildman–Crippen MR) is 120 cm³/mol. The highest BCUT2D eigenvalue weighted by Gasteiger charge is 2.10. The second kappa shape index (κ2) is 14.7. The zero-order valence-electron chi connectivity index (χ0n) is 18.5. The molecule has 0 spiro atoms. The molecule has 0 amide bonds. The van der Waals surface area contributed by atoms with Crippen molar-refractivity contribution in [3.8, 4) is 0 Å². The molecule has 27 heavy (non-hydrogen) atoms. The van der Waals surface area contributed by atoms with E-state index in [0.717, 1.165) is 17.7 Å². The number of aryl methyl sites for hydroxylation is 1. The summed E-state index contributed by atoms with van der Waals surface area (Å²) in [7, 11) is 3.89. The molecule has 0 saturated heterocycles. The number of anilines is 2. The normalized spacial score (nSPS) is 11.1. The van der Waals surface area contributed by atoms with Gasteiger partial charge >= 0.3 is 0 Å². The molecule has 0 unspecified atom stereocenters. The summed E-state index contributed by atoms with van der Waals surface area (Å²) in [5, 5.41) is 0. The molecule has 1 aromatic heterocycles. The van der Waals surface area contributed by atoms with E-state index >= 15 is 0 Å². The molecule has 156 valence electrons. The highest BCUT2D eigenvalue weighted by molar-refractivity contribution is 5.47. The van der Waals surface area contributed by atoms with E-state index in [1.165, 1.54) is 89.9 Å². The molecule has 1 rings (SSSR count). The molecule has 4 nitrogen and oxygen atoms in total. The van der Waals surface area contributed by atoms with E-state index in [2.05, 4.69) is 16.9 Å². The van der Waals surface area contributed by atoms with Gasteiger partial charge in [0.1, 0.15) is 5.82 Å². The predicted octanol–water partition coefficient (Wildman–Crippen LogP) is 6.46. The molecule has 0 aromatic carbocycles. The molecule has 0 aliphatic rings. The Hall–Kier alpha value is -1.32. The molecule has 2 N–H and O–H groups in total. The second-order valence-corrected chi connectivity index (χ2v) is 8.21. The molecule has 0 aliphatic heterocycles. The van der Waals surface area contributed by atoms with Crippen molar-refractivity contribution < 1.29 is 0 Å². The first-order valence-electron chi connectivity index (χ1n) is 11.4. The monoisotopic (exact) mass is 376 g/mol. The lowest BCUT2D eigenvalue weighted by Gasteiger charge is -2.14. The van der Waals surface area contributed by atoms with Crippen molar-refractivity contribution in [1.82, 2.24) is 9.97 Å². The Bertz CT molecular complexity index is 476. The summed E-state index contributed by atoms with van der Waals surface area (Å²) in [6.45, 7) is 4.33. The average Bonchev–Trinajstić information content (AvgIpc) is 2.63. The van der Waals surface area contributed by atoms with Gasteiger partial charge in [-0.1, -0.05) is 90.4 Å². The van der Waals surface area contributed by atoms with Gasteiger partial charge in [0.15, 0.2) is 0 Å². The number of unbranched alkanes of at least 4 members (excludes halogenated alkanes) is 13. The number of nitrogens with zero attached hydrogens (tertiary/aromatic N) is 3. The van der Waals surface area contributed by atoms with Crippen LogP contribution in [0.2, 0.25) is 0 Å². The molecule has 0 radical (unpaired) electrons. The van der Waals surface area contributed by atoms with Crippen LogP contribution in [0.5, 0.6) is 0 Å². The fraction of sp³-hybridized carbons (Fsp3) is 0.826. The van der Waals surface area contributed by atoms with E-state index < -0.39 is 0 Å². The van der Waals surface area contributed by atoms with E-state index in [9.17, 15) is 0 Å². The zero-order valence-corrected chi connectivity index (χ0v) is 18.5. The van der Waals surface area contributed by atoms with E-state index in [1.807, 2.05) is 25.9 Å². The van der Waals surface area contributed by atoms with Crippen LogP contribution in [0.25, 0.3) is 0 Å². The highest BCUT2D eigenvalue weighted by atomic mass is 15.2. The van der Waals surface area contributed by atoms with Crippen LogP contribution in [0, 0.1) is 6.92 Å². The van der Waals surface area contributed by atoms with Crippen molar-refractivity contribution in [2.45, 2.75) is 110 Å². The van der Waals surface area contributed by atoms with Gasteiger partial charge in [-0.3, -0.25) is 0 Å². The van der Waals surface area contributed by atoms with Gasteiger partial charge in [0.05, 0.1) is 0 Å². The van der Waals surface area contributed by atoms with Gasteiger partial charge < -0.3 is 10.6 Å². The van der Waals surface area contributed by atoms with E-state index in [-0.39, 0.29) is 0 Å². The maximum Gasteiger partial charge on any atom is 0.227 e. The highest BCUT2D eigenvalue weighted by Crippen LogP contribution is 2.20. The zero-order chi connectivity index (χ0) is 19.9. The number of nitrogen functional groups attached to an aromatic ring is 1. The third-order valence-electron chi connectivity index (χ3n) is 5.41. The lowest BCUT2D eigenvalue weighted by molar-refractivity contribution is 0.535. The standard InChI is InChI=1S/C23H44N4/c1-5-6-7-8-9-10-11-12-13-14-15-16-17-18-19-21-20(2)25-23(27(3)4)26-22(21)24/h5-19H2,1-4H3,(H2,24,25,26). The van der Waals surface area contributed by atoms with E-state index in [4.69, 9.17) is 5.73 Å². The first kappa shape index (κ1) is 23.7. The van der Waals surface area contributed by atoms with Crippen LogP contribution < -0.4 is 10.6 Å². The summed E-state index contributed by atoms with van der Waals surface area (Å²) in [5.41, 5.74) is 8.30. The summed E-state index contributed by atoms with van der Waals surface area (Å²) in [4.78, 5) is 10.9. The van der Waals surface area contributed by atoms with E-state index in [0.29, 0.717) is 11.8 Å². The Morgan fingerprint density at radius 2 is 1.15 bits per heavy atom. The number of hydrogen-bond acceptors (Lipinski definition) is 4. The third-order valence-corrected chi connectivity index (χ3v) is 5.41. The largest absolute Gasteiger partial charge is 0.383 e. The number of rotatable bonds is 16. The molecule has 1 aromatic rings. The number of nitrogens with two attached hydrogens (primary N) is 1. The number of aromatic nitrogens is 2. The lowest BCUT2D eigenvalue weighted by Crippen LogP contribution is -2.16. The summed E-state index contributed by atoms with van der Waals surface area (Å²) >= 11 is 0. The van der Waals surface area contributed by atoms with Crippen molar-refractivity contribution in [3.63, 3.8) is 0 Å². The van der Waals surface area contributed by atoms with E-state index in [1.54, 1.807) is 0 Å². The molecular weight excluding hydrogens is 332 g/mol. The summed E-state index contributed by atoms with van der Waals surface area (Å²) < 4.78 is 0.